The molecule has 72 valence electrons. The summed E-state index contributed by atoms with van der Waals surface area (Å²) in [5, 5.41) is 3.47. The van der Waals surface area contributed by atoms with E-state index >= 15 is 0 Å². The normalized spacial score (nSPS) is 24.0. The summed E-state index contributed by atoms with van der Waals surface area (Å²) in [5.41, 5.74) is 1.17. The van der Waals surface area contributed by atoms with Gasteiger partial charge in [-0.05, 0) is 32.9 Å². The number of rotatable bonds is 2. The summed E-state index contributed by atoms with van der Waals surface area (Å²) < 4.78 is 0. The molecule has 0 aliphatic carbocycles. The highest BCUT2D eigenvalue weighted by Crippen LogP contribution is 2.32. The molecule has 1 fully saturated rings. The zero-order valence-electron chi connectivity index (χ0n) is 8.29. The maximum atomic E-state index is 4.57. The molecule has 1 aliphatic heterocycles. The Morgan fingerprint density at radius 1 is 1.69 bits per heavy atom. The van der Waals surface area contributed by atoms with Gasteiger partial charge < -0.3 is 0 Å². The summed E-state index contributed by atoms with van der Waals surface area (Å²) in [6, 6.07) is 0.615. The number of aryl methyl sites for hydroxylation is 1. The maximum absolute atomic E-state index is 4.57. The van der Waals surface area contributed by atoms with Crippen molar-refractivity contribution in [2.24, 2.45) is 0 Å². The van der Waals surface area contributed by atoms with E-state index in [4.69, 9.17) is 0 Å². The topological polar surface area (TPSA) is 16.1 Å². The fourth-order valence-corrected chi connectivity index (χ4v) is 2.97. The molecule has 2 rings (SSSR count). The third kappa shape index (κ3) is 1.76. The van der Waals surface area contributed by atoms with E-state index in [-0.39, 0.29) is 0 Å². The fourth-order valence-electron chi connectivity index (χ4n) is 2.01. The first-order valence-corrected chi connectivity index (χ1v) is 5.85. The number of hydrogen-bond acceptors (Lipinski definition) is 3. The standard InChI is InChI=1S/C10H16N2S/c1-3-12-6-4-5-9(12)10-11-8(2)7-13-10/h7,9H,3-6H2,1-2H3. The highest BCUT2D eigenvalue weighted by Gasteiger charge is 2.26. The Kier molecular flexibility index (Phi) is 2.65. The molecule has 2 heterocycles. The zero-order chi connectivity index (χ0) is 9.26. The molecule has 1 aromatic heterocycles. The van der Waals surface area contributed by atoms with Crippen molar-refractivity contribution in [1.29, 1.82) is 0 Å². The second-order valence-corrected chi connectivity index (χ2v) is 4.50. The van der Waals surface area contributed by atoms with Crippen LogP contribution in [0.25, 0.3) is 0 Å². The van der Waals surface area contributed by atoms with Crippen LogP contribution < -0.4 is 0 Å². The van der Waals surface area contributed by atoms with Gasteiger partial charge in [-0.15, -0.1) is 11.3 Å². The smallest absolute Gasteiger partial charge is 0.110 e. The van der Waals surface area contributed by atoms with Crippen LogP contribution >= 0.6 is 11.3 Å². The highest BCUT2D eigenvalue weighted by molar-refractivity contribution is 7.09. The van der Waals surface area contributed by atoms with Gasteiger partial charge in [-0.25, -0.2) is 4.98 Å². The minimum absolute atomic E-state index is 0.615. The molecule has 3 heteroatoms. The molecule has 0 bridgehead atoms. The lowest BCUT2D eigenvalue weighted by Gasteiger charge is -2.20. The van der Waals surface area contributed by atoms with Crippen molar-refractivity contribution in [3.8, 4) is 0 Å². The van der Waals surface area contributed by atoms with E-state index in [1.165, 1.54) is 30.1 Å². The third-order valence-corrected chi connectivity index (χ3v) is 3.76. The first-order valence-electron chi connectivity index (χ1n) is 4.97. The van der Waals surface area contributed by atoms with Crippen LogP contribution in [0, 0.1) is 6.92 Å². The predicted octanol–water partition coefficient (Wildman–Crippen LogP) is 2.61. The average Bonchev–Trinajstić information content (AvgIpc) is 2.71. The van der Waals surface area contributed by atoms with Gasteiger partial charge in [0.15, 0.2) is 0 Å². The molecule has 1 saturated heterocycles. The molecule has 0 N–H and O–H groups in total. The second kappa shape index (κ2) is 3.76. The largest absolute Gasteiger partial charge is 0.294 e. The van der Waals surface area contributed by atoms with Gasteiger partial charge in [-0.3, -0.25) is 4.90 Å². The maximum Gasteiger partial charge on any atom is 0.110 e. The Morgan fingerprint density at radius 3 is 3.15 bits per heavy atom. The quantitative estimate of drug-likeness (QED) is 0.723. The summed E-state index contributed by atoms with van der Waals surface area (Å²) in [4.78, 5) is 7.09. The average molecular weight is 196 g/mol. The minimum atomic E-state index is 0.615. The minimum Gasteiger partial charge on any atom is -0.294 e. The van der Waals surface area contributed by atoms with Crippen LogP contribution in [0.2, 0.25) is 0 Å². The fraction of sp³-hybridized carbons (Fsp3) is 0.700. The van der Waals surface area contributed by atoms with E-state index < -0.39 is 0 Å². The number of hydrogen-bond donors (Lipinski definition) is 0. The zero-order valence-corrected chi connectivity index (χ0v) is 9.10. The Balaban J connectivity index is 2.15. The molecule has 1 aliphatic rings. The van der Waals surface area contributed by atoms with Gasteiger partial charge in [0.2, 0.25) is 0 Å². The predicted molar refractivity (Wildman–Crippen MR) is 56.1 cm³/mol. The van der Waals surface area contributed by atoms with Gasteiger partial charge in [-0.1, -0.05) is 6.92 Å². The molecule has 13 heavy (non-hydrogen) atoms. The molecule has 0 amide bonds. The van der Waals surface area contributed by atoms with E-state index in [0.717, 1.165) is 6.54 Å². The number of nitrogens with zero attached hydrogens (tertiary/aromatic N) is 2. The van der Waals surface area contributed by atoms with Crippen LogP contribution in [0.1, 0.15) is 36.5 Å². The Morgan fingerprint density at radius 2 is 2.54 bits per heavy atom. The van der Waals surface area contributed by atoms with Crippen molar-refractivity contribution >= 4 is 11.3 Å². The monoisotopic (exact) mass is 196 g/mol. The summed E-state index contributed by atoms with van der Waals surface area (Å²) in [6.07, 6.45) is 2.62. The van der Waals surface area contributed by atoms with Crippen LogP contribution in [-0.4, -0.2) is 23.0 Å². The molecule has 0 spiro atoms. The summed E-state index contributed by atoms with van der Waals surface area (Å²) >= 11 is 1.81. The van der Waals surface area contributed by atoms with Gasteiger partial charge in [0.05, 0.1) is 6.04 Å². The lowest BCUT2D eigenvalue weighted by atomic mass is 10.2. The van der Waals surface area contributed by atoms with Crippen molar-refractivity contribution in [1.82, 2.24) is 9.88 Å². The Hall–Kier alpha value is -0.410. The van der Waals surface area contributed by atoms with Gasteiger partial charge in [-0.2, -0.15) is 0 Å². The van der Waals surface area contributed by atoms with Gasteiger partial charge >= 0.3 is 0 Å². The SMILES string of the molecule is CCN1CCCC1c1nc(C)cs1. The van der Waals surface area contributed by atoms with Crippen molar-refractivity contribution in [2.45, 2.75) is 32.7 Å². The molecule has 0 saturated carbocycles. The number of aromatic nitrogens is 1. The molecule has 2 nitrogen and oxygen atoms in total. The molecular formula is C10H16N2S. The van der Waals surface area contributed by atoms with E-state index in [0.29, 0.717) is 6.04 Å². The van der Waals surface area contributed by atoms with Crippen molar-refractivity contribution in [3.63, 3.8) is 0 Å². The van der Waals surface area contributed by atoms with Crippen LogP contribution in [-0.2, 0) is 0 Å². The molecule has 0 radical (unpaired) electrons. The Labute approximate surface area is 83.6 Å². The van der Waals surface area contributed by atoms with Crippen molar-refractivity contribution in [2.75, 3.05) is 13.1 Å². The van der Waals surface area contributed by atoms with E-state index in [9.17, 15) is 0 Å². The van der Waals surface area contributed by atoms with Crippen molar-refractivity contribution < 1.29 is 0 Å². The molecule has 1 unspecified atom stereocenters. The van der Waals surface area contributed by atoms with E-state index in [1.807, 2.05) is 11.3 Å². The lowest BCUT2D eigenvalue weighted by Crippen LogP contribution is -2.22. The van der Waals surface area contributed by atoms with Crippen LogP contribution in [0.15, 0.2) is 5.38 Å². The van der Waals surface area contributed by atoms with Crippen LogP contribution in [0.4, 0.5) is 0 Å². The van der Waals surface area contributed by atoms with E-state index in [2.05, 4.69) is 29.1 Å². The molecule has 0 aromatic carbocycles. The van der Waals surface area contributed by atoms with Gasteiger partial charge in [0.25, 0.3) is 0 Å². The number of thiazole rings is 1. The second-order valence-electron chi connectivity index (χ2n) is 3.61. The van der Waals surface area contributed by atoms with Gasteiger partial charge in [0, 0.05) is 11.1 Å². The molecule has 1 aromatic rings. The summed E-state index contributed by atoms with van der Waals surface area (Å²) in [6.45, 7) is 6.72. The van der Waals surface area contributed by atoms with Crippen molar-refractivity contribution in [3.05, 3.63) is 16.1 Å². The van der Waals surface area contributed by atoms with Gasteiger partial charge in [0.1, 0.15) is 5.01 Å². The first-order chi connectivity index (χ1) is 6.31. The molecular weight excluding hydrogens is 180 g/mol. The third-order valence-electron chi connectivity index (χ3n) is 2.69. The Bertz CT molecular complexity index is 282. The van der Waals surface area contributed by atoms with E-state index in [1.54, 1.807) is 0 Å². The van der Waals surface area contributed by atoms with Crippen LogP contribution in [0.3, 0.4) is 0 Å². The summed E-state index contributed by atoms with van der Waals surface area (Å²) in [5.74, 6) is 0. The highest BCUT2D eigenvalue weighted by atomic mass is 32.1. The molecule has 1 atom stereocenters. The first kappa shape index (κ1) is 9.16. The summed E-state index contributed by atoms with van der Waals surface area (Å²) in [7, 11) is 0. The number of likely N-dealkylation sites (tertiary alicyclic amines) is 1. The lowest BCUT2D eigenvalue weighted by molar-refractivity contribution is 0.271. The van der Waals surface area contributed by atoms with Crippen LogP contribution in [0.5, 0.6) is 0 Å².